The lowest BCUT2D eigenvalue weighted by Crippen LogP contribution is -2.28. The highest BCUT2D eigenvalue weighted by Gasteiger charge is 2.35. The second-order valence-electron chi connectivity index (χ2n) is 6.52. The molecule has 2 aromatic rings. The number of aromatic nitrogens is 2. The average Bonchev–Trinajstić information content (AvgIpc) is 2.74. The first-order chi connectivity index (χ1) is 10.3. The van der Waals surface area contributed by atoms with Crippen LogP contribution < -0.4 is 0 Å². The molecule has 1 aliphatic carbocycles. The van der Waals surface area contributed by atoms with Gasteiger partial charge in [0.2, 0.25) is 5.69 Å². The Kier molecular flexibility index (Phi) is 3.45. The lowest BCUT2D eigenvalue weighted by molar-refractivity contribution is 0.0902. The van der Waals surface area contributed by atoms with E-state index in [1.54, 1.807) is 10.7 Å². The lowest BCUT2D eigenvalue weighted by atomic mass is 9.75. The Labute approximate surface area is 138 Å². The topological polar surface area (TPSA) is 39.2 Å². The van der Waals surface area contributed by atoms with Gasteiger partial charge >= 0.3 is 0 Å². The highest BCUT2D eigenvalue weighted by molar-refractivity contribution is 9.10. The Balaban J connectivity index is 2.18. The third-order valence-corrected chi connectivity index (χ3v) is 4.68. The molecule has 0 radical (unpaired) electrons. The summed E-state index contributed by atoms with van der Waals surface area (Å²) in [5.74, 6) is 0.157. The first kappa shape index (κ1) is 15.0. The third-order valence-electron chi connectivity index (χ3n) is 4.05. The number of rotatable bonds is 1. The van der Waals surface area contributed by atoms with E-state index in [0.29, 0.717) is 12.1 Å². The van der Waals surface area contributed by atoms with Gasteiger partial charge in [-0.05, 0) is 17.9 Å². The Morgan fingerprint density at radius 1 is 1.36 bits per heavy atom. The normalized spacial score (nSPS) is 16.2. The molecule has 0 bridgehead atoms. The summed E-state index contributed by atoms with van der Waals surface area (Å²) in [5, 5.41) is 4.57. The summed E-state index contributed by atoms with van der Waals surface area (Å²) in [6.45, 7) is 11.4. The van der Waals surface area contributed by atoms with Crippen molar-refractivity contribution in [3.63, 3.8) is 0 Å². The SMILES string of the molecule is [C-]#[N+]c1ccc(-c2nn(C)c3c2CC(C)(C)CC3=O)cc1Br. The number of hydrogen-bond acceptors (Lipinski definition) is 2. The van der Waals surface area contributed by atoms with E-state index < -0.39 is 0 Å². The van der Waals surface area contributed by atoms with E-state index in [0.717, 1.165) is 33.4 Å². The fraction of sp³-hybridized carbons (Fsp3) is 0.353. The van der Waals surface area contributed by atoms with Crippen LogP contribution >= 0.6 is 15.9 Å². The molecule has 0 saturated carbocycles. The average molecular weight is 358 g/mol. The van der Waals surface area contributed by atoms with E-state index in [4.69, 9.17) is 6.57 Å². The van der Waals surface area contributed by atoms with Gasteiger partial charge in [0.1, 0.15) is 5.69 Å². The predicted octanol–water partition coefficient (Wildman–Crippen LogP) is 4.56. The van der Waals surface area contributed by atoms with E-state index in [2.05, 4.69) is 39.7 Å². The van der Waals surface area contributed by atoms with Crippen LogP contribution in [0.3, 0.4) is 0 Å². The number of aryl methyl sites for hydroxylation is 1. The fourth-order valence-corrected chi connectivity index (χ4v) is 3.59. The van der Waals surface area contributed by atoms with Gasteiger partial charge in [-0.15, -0.1) is 0 Å². The van der Waals surface area contributed by atoms with Crippen molar-refractivity contribution in [1.29, 1.82) is 0 Å². The molecule has 0 N–H and O–H groups in total. The van der Waals surface area contributed by atoms with Crippen LogP contribution in [0.1, 0.15) is 36.3 Å². The highest BCUT2D eigenvalue weighted by atomic mass is 79.9. The van der Waals surface area contributed by atoms with Crippen LogP contribution in [-0.2, 0) is 13.5 Å². The molecule has 0 amide bonds. The number of ketones is 1. The maximum atomic E-state index is 12.4. The largest absolute Gasteiger partial charge is 0.292 e. The summed E-state index contributed by atoms with van der Waals surface area (Å²) in [5.41, 5.74) is 4.04. The van der Waals surface area contributed by atoms with Gasteiger partial charge in [-0.3, -0.25) is 9.48 Å². The Bertz CT molecular complexity index is 827. The zero-order valence-corrected chi connectivity index (χ0v) is 14.4. The van der Waals surface area contributed by atoms with Crippen LogP contribution in [0.5, 0.6) is 0 Å². The van der Waals surface area contributed by atoms with Gasteiger partial charge in [0.25, 0.3) is 0 Å². The summed E-state index contributed by atoms with van der Waals surface area (Å²) in [4.78, 5) is 15.9. The number of hydrogen-bond donors (Lipinski definition) is 0. The van der Waals surface area contributed by atoms with Gasteiger partial charge in [-0.25, -0.2) is 4.85 Å². The van der Waals surface area contributed by atoms with Gasteiger partial charge in [0, 0.05) is 29.1 Å². The molecular formula is C17H16BrN3O. The number of benzene rings is 1. The van der Waals surface area contributed by atoms with Crippen molar-refractivity contribution in [3.05, 3.63) is 45.3 Å². The van der Waals surface area contributed by atoms with E-state index >= 15 is 0 Å². The Morgan fingerprint density at radius 3 is 2.73 bits per heavy atom. The molecule has 22 heavy (non-hydrogen) atoms. The number of carbonyl (C=O) groups is 1. The molecule has 0 fully saturated rings. The maximum Gasteiger partial charge on any atom is 0.201 e. The molecule has 4 nitrogen and oxygen atoms in total. The molecule has 1 aliphatic rings. The number of halogens is 1. The molecule has 1 heterocycles. The molecule has 5 heteroatoms. The molecule has 0 spiro atoms. The number of carbonyl (C=O) groups excluding carboxylic acids is 1. The van der Waals surface area contributed by atoms with Gasteiger partial charge in [-0.1, -0.05) is 41.9 Å². The van der Waals surface area contributed by atoms with Crippen molar-refractivity contribution >= 4 is 27.4 Å². The summed E-state index contributed by atoms with van der Waals surface area (Å²) in [7, 11) is 1.82. The molecule has 0 aliphatic heterocycles. The minimum absolute atomic E-state index is 0.0461. The summed E-state index contributed by atoms with van der Waals surface area (Å²) in [6, 6.07) is 5.58. The van der Waals surface area contributed by atoms with E-state index in [-0.39, 0.29) is 11.2 Å². The molecule has 3 rings (SSSR count). The smallest absolute Gasteiger partial charge is 0.201 e. The van der Waals surface area contributed by atoms with Gasteiger partial charge < -0.3 is 0 Å². The molecule has 112 valence electrons. The predicted molar refractivity (Wildman–Crippen MR) is 89.0 cm³/mol. The minimum Gasteiger partial charge on any atom is -0.292 e. The minimum atomic E-state index is -0.0461. The van der Waals surface area contributed by atoms with Crippen LogP contribution in [0.2, 0.25) is 0 Å². The zero-order valence-electron chi connectivity index (χ0n) is 12.8. The fourth-order valence-electron chi connectivity index (χ4n) is 3.12. The van der Waals surface area contributed by atoms with Crippen molar-refractivity contribution in [2.75, 3.05) is 0 Å². The van der Waals surface area contributed by atoms with Crippen LogP contribution in [0, 0.1) is 12.0 Å². The molecule has 0 unspecified atom stereocenters. The van der Waals surface area contributed by atoms with Crippen molar-refractivity contribution in [3.8, 4) is 11.3 Å². The van der Waals surface area contributed by atoms with Crippen LogP contribution in [-0.4, -0.2) is 15.6 Å². The van der Waals surface area contributed by atoms with Crippen molar-refractivity contribution in [1.82, 2.24) is 9.78 Å². The number of nitrogens with zero attached hydrogens (tertiary/aromatic N) is 3. The zero-order chi connectivity index (χ0) is 16.1. The first-order valence-corrected chi connectivity index (χ1v) is 7.88. The molecule has 1 aromatic heterocycles. The molecule has 1 aromatic carbocycles. The molecular weight excluding hydrogens is 342 g/mol. The van der Waals surface area contributed by atoms with Crippen LogP contribution in [0.15, 0.2) is 22.7 Å². The summed E-state index contributed by atoms with van der Waals surface area (Å²) >= 11 is 3.43. The van der Waals surface area contributed by atoms with Gasteiger partial charge in [-0.2, -0.15) is 5.10 Å². The lowest BCUT2D eigenvalue weighted by Gasteiger charge is -2.28. The van der Waals surface area contributed by atoms with Crippen LogP contribution in [0.4, 0.5) is 5.69 Å². The number of fused-ring (bicyclic) bond motifs is 1. The van der Waals surface area contributed by atoms with E-state index in [9.17, 15) is 4.79 Å². The second-order valence-corrected chi connectivity index (χ2v) is 7.37. The highest BCUT2D eigenvalue weighted by Crippen LogP contribution is 2.40. The van der Waals surface area contributed by atoms with Crippen molar-refractivity contribution in [2.45, 2.75) is 26.7 Å². The first-order valence-electron chi connectivity index (χ1n) is 7.09. The molecule has 0 atom stereocenters. The van der Waals surface area contributed by atoms with E-state index in [1.165, 1.54) is 0 Å². The number of Topliss-reactive ketones (excluding diaryl/α,β-unsaturated/α-hetero) is 1. The summed E-state index contributed by atoms with van der Waals surface area (Å²) < 4.78 is 2.44. The maximum absolute atomic E-state index is 12.4. The molecule has 0 saturated heterocycles. The monoisotopic (exact) mass is 357 g/mol. The Hall–Kier alpha value is -1.93. The quantitative estimate of drug-likeness (QED) is 0.702. The van der Waals surface area contributed by atoms with Crippen molar-refractivity contribution < 1.29 is 4.79 Å². The Morgan fingerprint density at radius 2 is 2.09 bits per heavy atom. The van der Waals surface area contributed by atoms with Crippen molar-refractivity contribution in [2.24, 2.45) is 12.5 Å². The standard InChI is InChI=1S/C17H16BrN3O/c1-17(2)8-11-15(20-21(4)16(11)14(22)9-17)10-5-6-13(19-3)12(18)7-10/h5-7H,8-9H2,1-2,4H3. The van der Waals surface area contributed by atoms with Gasteiger partial charge in [0.05, 0.1) is 12.3 Å². The second kappa shape index (κ2) is 5.06. The van der Waals surface area contributed by atoms with Gasteiger partial charge in [0.15, 0.2) is 5.78 Å². The van der Waals surface area contributed by atoms with Crippen LogP contribution in [0.25, 0.3) is 16.1 Å². The third kappa shape index (κ3) is 2.38. The van der Waals surface area contributed by atoms with E-state index in [1.807, 2.05) is 19.2 Å². The summed E-state index contributed by atoms with van der Waals surface area (Å²) in [6.07, 6.45) is 1.39.